The molecule has 1 aromatic heterocycles. The van der Waals surface area contributed by atoms with Crippen LogP contribution in [0.4, 0.5) is 0 Å². The van der Waals surface area contributed by atoms with Crippen LogP contribution in [0.1, 0.15) is 27.3 Å². The first-order chi connectivity index (χ1) is 10.5. The maximum atomic E-state index is 12.0. The van der Waals surface area contributed by atoms with Gasteiger partial charge in [-0.1, -0.05) is 0 Å². The number of likely N-dealkylation sites (N-methyl/N-ethyl adjacent to an activating group) is 1. The molecule has 1 rings (SSSR count). The Morgan fingerprint density at radius 1 is 1.23 bits per heavy atom. The number of methoxy groups -OCH3 is 1. The number of ether oxygens (including phenoxy) is 1. The normalized spacial score (nSPS) is 10.5. The molecule has 0 aliphatic carbocycles. The molecule has 0 atom stereocenters. The van der Waals surface area contributed by atoms with E-state index in [1.54, 1.807) is 13.2 Å². The summed E-state index contributed by atoms with van der Waals surface area (Å²) in [5.41, 5.74) is 0.661. The summed E-state index contributed by atoms with van der Waals surface area (Å²) < 4.78 is 4.91. The molecule has 7 nitrogen and oxygen atoms in total. The lowest BCUT2D eigenvalue weighted by Crippen LogP contribution is -2.32. The lowest BCUT2D eigenvalue weighted by atomic mass is 10.2. The average molecular weight is 308 g/mol. The largest absolute Gasteiger partial charge is 0.385 e. The third kappa shape index (κ3) is 6.64. The topological polar surface area (TPSA) is 83.6 Å². The van der Waals surface area contributed by atoms with Gasteiger partial charge in [-0.3, -0.25) is 14.6 Å². The summed E-state index contributed by atoms with van der Waals surface area (Å²) in [7, 11) is 5.48. The highest BCUT2D eigenvalue weighted by Gasteiger charge is 2.11. The SMILES string of the molecule is COCCCNC(=O)c1cc(C(=O)NCCN(C)C)ccn1. The first kappa shape index (κ1) is 18.1. The molecule has 0 saturated heterocycles. The van der Waals surface area contributed by atoms with Crippen LogP contribution < -0.4 is 10.6 Å². The molecule has 0 unspecified atom stereocenters. The van der Waals surface area contributed by atoms with Gasteiger partial charge in [-0.15, -0.1) is 0 Å². The van der Waals surface area contributed by atoms with E-state index in [0.29, 0.717) is 25.3 Å². The van der Waals surface area contributed by atoms with Crippen molar-refractivity contribution in [2.24, 2.45) is 0 Å². The van der Waals surface area contributed by atoms with Crippen LogP contribution in [0.3, 0.4) is 0 Å². The second-order valence-corrected chi connectivity index (χ2v) is 5.09. The molecule has 0 spiro atoms. The number of carbonyl (C=O) groups excluding carboxylic acids is 2. The fourth-order valence-electron chi connectivity index (χ4n) is 1.70. The zero-order valence-corrected chi connectivity index (χ0v) is 13.4. The Hall–Kier alpha value is -1.99. The molecule has 1 aromatic rings. The molecular formula is C15H24N4O3. The second-order valence-electron chi connectivity index (χ2n) is 5.09. The van der Waals surface area contributed by atoms with E-state index >= 15 is 0 Å². The molecule has 22 heavy (non-hydrogen) atoms. The zero-order valence-electron chi connectivity index (χ0n) is 13.4. The first-order valence-corrected chi connectivity index (χ1v) is 7.20. The fraction of sp³-hybridized carbons (Fsp3) is 0.533. The molecule has 0 radical (unpaired) electrons. The minimum Gasteiger partial charge on any atom is -0.385 e. The van der Waals surface area contributed by atoms with Crippen molar-refractivity contribution in [1.82, 2.24) is 20.5 Å². The van der Waals surface area contributed by atoms with Gasteiger partial charge >= 0.3 is 0 Å². The number of hydrogen-bond acceptors (Lipinski definition) is 5. The number of pyridine rings is 1. The third-order valence-electron chi connectivity index (χ3n) is 2.91. The van der Waals surface area contributed by atoms with E-state index in [9.17, 15) is 9.59 Å². The maximum absolute atomic E-state index is 12.0. The summed E-state index contributed by atoms with van der Waals surface area (Å²) >= 11 is 0. The van der Waals surface area contributed by atoms with E-state index in [0.717, 1.165) is 13.0 Å². The molecule has 0 bridgehead atoms. The van der Waals surface area contributed by atoms with E-state index < -0.39 is 0 Å². The summed E-state index contributed by atoms with van der Waals surface area (Å²) in [6.45, 7) is 2.39. The Bertz CT molecular complexity index is 491. The van der Waals surface area contributed by atoms with Gasteiger partial charge in [0.05, 0.1) is 0 Å². The van der Waals surface area contributed by atoms with Crippen molar-refractivity contribution in [1.29, 1.82) is 0 Å². The van der Waals surface area contributed by atoms with Crippen LogP contribution in [-0.4, -0.2) is 69.1 Å². The number of carbonyl (C=O) groups is 2. The van der Waals surface area contributed by atoms with E-state index in [1.807, 2.05) is 19.0 Å². The van der Waals surface area contributed by atoms with Crippen molar-refractivity contribution < 1.29 is 14.3 Å². The van der Waals surface area contributed by atoms with E-state index in [1.165, 1.54) is 12.3 Å². The summed E-state index contributed by atoms with van der Waals surface area (Å²) in [5, 5.41) is 5.54. The lowest BCUT2D eigenvalue weighted by molar-refractivity contribution is 0.0943. The third-order valence-corrected chi connectivity index (χ3v) is 2.91. The summed E-state index contributed by atoms with van der Waals surface area (Å²) in [5.74, 6) is -0.503. The first-order valence-electron chi connectivity index (χ1n) is 7.20. The van der Waals surface area contributed by atoms with Gasteiger partial charge in [-0.05, 0) is 32.6 Å². The lowest BCUT2D eigenvalue weighted by Gasteiger charge is -2.10. The summed E-state index contributed by atoms with van der Waals surface area (Å²) in [6, 6.07) is 3.09. The van der Waals surface area contributed by atoms with Crippen LogP contribution in [0.5, 0.6) is 0 Å². The van der Waals surface area contributed by atoms with E-state index in [-0.39, 0.29) is 17.5 Å². The Balaban J connectivity index is 2.53. The maximum Gasteiger partial charge on any atom is 0.269 e. The standard InChI is InChI=1S/C15H24N4O3/c1-19(2)9-8-18-14(20)12-5-7-16-13(11-12)15(21)17-6-4-10-22-3/h5,7,11H,4,6,8-10H2,1-3H3,(H,17,21)(H,18,20). The van der Waals surface area contributed by atoms with E-state index in [2.05, 4.69) is 15.6 Å². The number of amides is 2. The Labute approximate surface area is 131 Å². The van der Waals surface area contributed by atoms with Gasteiger partial charge in [-0.25, -0.2) is 0 Å². The van der Waals surface area contributed by atoms with Crippen LogP contribution >= 0.6 is 0 Å². The van der Waals surface area contributed by atoms with Gasteiger partial charge in [0.1, 0.15) is 5.69 Å². The smallest absolute Gasteiger partial charge is 0.269 e. The molecule has 1 heterocycles. The van der Waals surface area contributed by atoms with Crippen molar-refractivity contribution in [2.45, 2.75) is 6.42 Å². The molecule has 0 saturated carbocycles. The minimum absolute atomic E-state index is 0.210. The monoisotopic (exact) mass is 308 g/mol. The molecule has 0 aliphatic heterocycles. The highest BCUT2D eigenvalue weighted by Crippen LogP contribution is 2.02. The fourth-order valence-corrected chi connectivity index (χ4v) is 1.70. The molecule has 0 fully saturated rings. The van der Waals surface area contributed by atoms with Gasteiger partial charge in [0.15, 0.2) is 0 Å². The van der Waals surface area contributed by atoms with Crippen LogP contribution in [-0.2, 0) is 4.74 Å². The number of rotatable bonds is 9. The van der Waals surface area contributed by atoms with Gasteiger partial charge < -0.3 is 20.3 Å². The van der Waals surface area contributed by atoms with Crippen molar-refractivity contribution in [3.05, 3.63) is 29.6 Å². The highest BCUT2D eigenvalue weighted by molar-refractivity contribution is 5.98. The number of hydrogen-bond donors (Lipinski definition) is 2. The number of aromatic nitrogens is 1. The van der Waals surface area contributed by atoms with Crippen LogP contribution in [0.2, 0.25) is 0 Å². The molecule has 2 N–H and O–H groups in total. The molecule has 0 aromatic carbocycles. The van der Waals surface area contributed by atoms with Crippen molar-refractivity contribution in [3.8, 4) is 0 Å². The molecule has 0 aliphatic rings. The van der Waals surface area contributed by atoms with Gasteiger partial charge in [0.25, 0.3) is 11.8 Å². The zero-order chi connectivity index (χ0) is 16.4. The second kappa shape index (κ2) is 9.86. The molecule has 7 heteroatoms. The predicted octanol–water partition coefficient (Wildman–Crippen LogP) is 0.139. The molecule has 2 amide bonds. The summed E-state index contributed by atoms with van der Waals surface area (Å²) in [6.07, 6.45) is 2.19. The summed E-state index contributed by atoms with van der Waals surface area (Å²) in [4.78, 5) is 29.9. The van der Waals surface area contributed by atoms with Crippen LogP contribution in [0, 0.1) is 0 Å². The van der Waals surface area contributed by atoms with Crippen molar-refractivity contribution in [2.75, 3.05) is 47.4 Å². The number of nitrogens with one attached hydrogen (secondary N) is 2. The van der Waals surface area contributed by atoms with Crippen molar-refractivity contribution >= 4 is 11.8 Å². The van der Waals surface area contributed by atoms with Gasteiger partial charge in [-0.2, -0.15) is 0 Å². The van der Waals surface area contributed by atoms with Crippen molar-refractivity contribution in [3.63, 3.8) is 0 Å². The Kier molecular flexibility index (Phi) is 8.09. The molecule has 122 valence electrons. The highest BCUT2D eigenvalue weighted by atomic mass is 16.5. The van der Waals surface area contributed by atoms with Gasteiger partial charge in [0.2, 0.25) is 0 Å². The van der Waals surface area contributed by atoms with Crippen LogP contribution in [0.25, 0.3) is 0 Å². The Morgan fingerprint density at radius 3 is 2.64 bits per heavy atom. The quantitative estimate of drug-likeness (QED) is 0.634. The minimum atomic E-state index is -0.293. The van der Waals surface area contributed by atoms with E-state index in [4.69, 9.17) is 4.74 Å². The number of nitrogens with zero attached hydrogens (tertiary/aromatic N) is 2. The Morgan fingerprint density at radius 2 is 1.95 bits per heavy atom. The molecular weight excluding hydrogens is 284 g/mol. The average Bonchev–Trinajstić information content (AvgIpc) is 2.51. The van der Waals surface area contributed by atoms with Gasteiger partial charge in [0, 0.05) is 45.1 Å². The predicted molar refractivity (Wildman–Crippen MR) is 84.0 cm³/mol. The van der Waals surface area contributed by atoms with Crippen LogP contribution in [0.15, 0.2) is 18.3 Å².